The predicted molar refractivity (Wildman–Crippen MR) is 128 cm³/mol. The van der Waals surface area contributed by atoms with Crippen LogP contribution in [0, 0.1) is 20.8 Å². The van der Waals surface area contributed by atoms with Gasteiger partial charge in [-0.2, -0.15) is 0 Å². The standard InChI is InChI=1S/C24H33N3O4S/c1-7-25-24(29)20(5)26(15-21-11-8-17(2)9-12-21)23(28)16-27(32(6,30)31)22-13-10-18(3)19(4)14-22/h8-14,20H,7,15-16H2,1-6H3,(H,25,29). The van der Waals surface area contributed by atoms with Crippen LogP contribution >= 0.6 is 0 Å². The van der Waals surface area contributed by atoms with E-state index < -0.39 is 28.5 Å². The molecule has 0 aliphatic heterocycles. The lowest BCUT2D eigenvalue weighted by molar-refractivity contribution is -0.139. The zero-order valence-electron chi connectivity index (χ0n) is 19.7. The Morgan fingerprint density at radius 2 is 1.62 bits per heavy atom. The Morgan fingerprint density at radius 1 is 1.00 bits per heavy atom. The summed E-state index contributed by atoms with van der Waals surface area (Å²) in [6.45, 7) is 9.50. The molecule has 174 valence electrons. The third kappa shape index (κ3) is 6.56. The molecule has 32 heavy (non-hydrogen) atoms. The van der Waals surface area contributed by atoms with Gasteiger partial charge in [0.2, 0.25) is 21.8 Å². The van der Waals surface area contributed by atoms with Crippen LogP contribution in [0.1, 0.15) is 36.1 Å². The second kappa shape index (κ2) is 10.6. The van der Waals surface area contributed by atoms with Gasteiger partial charge in [-0.1, -0.05) is 35.9 Å². The molecule has 8 heteroatoms. The predicted octanol–water partition coefficient (Wildman–Crippen LogP) is 2.93. The van der Waals surface area contributed by atoms with Crippen LogP contribution in [0.15, 0.2) is 42.5 Å². The lowest BCUT2D eigenvalue weighted by atomic mass is 10.1. The van der Waals surface area contributed by atoms with Crippen molar-refractivity contribution < 1.29 is 18.0 Å². The van der Waals surface area contributed by atoms with Gasteiger partial charge in [-0.25, -0.2) is 8.42 Å². The number of hydrogen-bond acceptors (Lipinski definition) is 4. The molecule has 2 aromatic carbocycles. The van der Waals surface area contributed by atoms with E-state index in [4.69, 9.17) is 0 Å². The van der Waals surface area contributed by atoms with Crippen molar-refractivity contribution in [3.05, 3.63) is 64.7 Å². The minimum Gasteiger partial charge on any atom is -0.355 e. The fourth-order valence-electron chi connectivity index (χ4n) is 3.29. The van der Waals surface area contributed by atoms with E-state index >= 15 is 0 Å². The molecule has 0 bridgehead atoms. The van der Waals surface area contributed by atoms with E-state index in [9.17, 15) is 18.0 Å². The van der Waals surface area contributed by atoms with Crippen molar-refractivity contribution in [2.45, 2.75) is 47.2 Å². The van der Waals surface area contributed by atoms with E-state index in [1.807, 2.05) is 58.0 Å². The summed E-state index contributed by atoms with van der Waals surface area (Å²) in [4.78, 5) is 27.3. The van der Waals surface area contributed by atoms with Gasteiger partial charge in [0, 0.05) is 13.1 Å². The summed E-state index contributed by atoms with van der Waals surface area (Å²) >= 11 is 0. The maximum atomic E-state index is 13.4. The summed E-state index contributed by atoms with van der Waals surface area (Å²) in [5.41, 5.74) is 4.32. The fourth-order valence-corrected chi connectivity index (χ4v) is 4.13. The monoisotopic (exact) mass is 459 g/mol. The van der Waals surface area contributed by atoms with Crippen LogP contribution in [0.5, 0.6) is 0 Å². The Bertz CT molecular complexity index is 1070. The minimum atomic E-state index is -3.73. The number of carbonyl (C=O) groups excluding carboxylic acids is 2. The average Bonchev–Trinajstić information content (AvgIpc) is 2.72. The van der Waals surface area contributed by atoms with Crippen molar-refractivity contribution in [1.29, 1.82) is 0 Å². The highest BCUT2D eigenvalue weighted by molar-refractivity contribution is 7.92. The quantitative estimate of drug-likeness (QED) is 0.625. The van der Waals surface area contributed by atoms with Gasteiger partial charge in [0.1, 0.15) is 12.6 Å². The number of nitrogens with zero attached hydrogens (tertiary/aromatic N) is 2. The Morgan fingerprint density at radius 3 is 2.16 bits per heavy atom. The van der Waals surface area contributed by atoms with Gasteiger partial charge in [0.05, 0.1) is 11.9 Å². The van der Waals surface area contributed by atoms with E-state index in [2.05, 4.69) is 5.32 Å². The number of amides is 2. The normalized spacial score (nSPS) is 12.2. The fraction of sp³-hybridized carbons (Fsp3) is 0.417. The molecule has 0 aliphatic rings. The Hall–Kier alpha value is -2.87. The molecule has 0 aliphatic carbocycles. The Labute approximate surface area is 191 Å². The van der Waals surface area contributed by atoms with Crippen LogP contribution in [0.3, 0.4) is 0 Å². The number of benzene rings is 2. The number of anilines is 1. The van der Waals surface area contributed by atoms with Gasteiger partial charge in [0.15, 0.2) is 0 Å². The zero-order valence-corrected chi connectivity index (χ0v) is 20.5. The molecule has 1 unspecified atom stereocenters. The highest BCUT2D eigenvalue weighted by Crippen LogP contribution is 2.22. The molecule has 0 saturated carbocycles. The lowest BCUT2D eigenvalue weighted by Gasteiger charge is -2.31. The van der Waals surface area contributed by atoms with Crippen LogP contribution in [0.25, 0.3) is 0 Å². The van der Waals surface area contributed by atoms with Crippen LogP contribution in [0.2, 0.25) is 0 Å². The number of hydrogen-bond donors (Lipinski definition) is 1. The zero-order chi connectivity index (χ0) is 24.1. The number of rotatable bonds is 9. The van der Waals surface area contributed by atoms with Gasteiger partial charge in [-0.15, -0.1) is 0 Å². The minimum absolute atomic E-state index is 0.196. The first kappa shape index (κ1) is 25.4. The highest BCUT2D eigenvalue weighted by atomic mass is 32.2. The van der Waals surface area contributed by atoms with Crippen molar-refractivity contribution in [3.8, 4) is 0 Å². The number of carbonyl (C=O) groups is 2. The largest absolute Gasteiger partial charge is 0.355 e. The SMILES string of the molecule is CCNC(=O)C(C)N(Cc1ccc(C)cc1)C(=O)CN(c1ccc(C)c(C)c1)S(C)(=O)=O. The molecule has 2 rings (SSSR count). The van der Waals surface area contributed by atoms with E-state index in [-0.39, 0.29) is 12.5 Å². The summed E-state index contributed by atoms with van der Waals surface area (Å²) in [5.74, 6) is -0.738. The summed E-state index contributed by atoms with van der Waals surface area (Å²) in [6, 6.07) is 12.2. The molecule has 0 spiro atoms. The Kier molecular flexibility index (Phi) is 8.44. The molecule has 1 atom stereocenters. The van der Waals surface area contributed by atoms with Gasteiger partial charge in [-0.05, 0) is 63.4 Å². The topological polar surface area (TPSA) is 86.8 Å². The molecular formula is C24H33N3O4S. The van der Waals surface area contributed by atoms with Gasteiger partial charge < -0.3 is 10.2 Å². The average molecular weight is 460 g/mol. The van der Waals surface area contributed by atoms with Crippen LogP contribution in [0.4, 0.5) is 5.69 Å². The van der Waals surface area contributed by atoms with Crippen LogP contribution < -0.4 is 9.62 Å². The molecule has 2 amide bonds. The summed E-state index contributed by atoms with van der Waals surface area (Å²) in [6.07, 6.45) is 1.08. The van der Waals surface area contributed by atoms with Crippen molar-refractivity contribution in [2.75, 3.05) is 23.7 Å². The van der Waals surface area contributed by atoms with Crippen molar-refractivity contribution in [3.63, 3.8) is 0 Å². The first-order valence-corrected chi connectivity index (χ1v) is 12.5. The van der Waals surface area contributed by atoms with Crippen LogP contribution in [-0.4, -0.2) is 50.5 Å². The third-order valence-electron chi connectivity index (χ3n) is 5.45. The first-order chi connectivity index (χ1) is 14.9. The van der Waals surface area contributed by atoms with Crippen molar-refractivity contribution in [1.82, 2.24) is 10.2 Å². The van der Waals surface area contributed by atoms with E-state index in [1.54, 1.807) is 19.1 Å². The number of likely N-dealkylation sites (N-methyl/N-ethyl adjacent to an activating group) is 1. The summed E-state index contributed by atoms with van der Waals surface area (Å²) < 4.78 is 26.2. The smallest absolute Gasteiger partial charge is 0.244 e. The van der Waals surface area contributed by atoms with Crippen molar-refractivity contribution in [2.24, 2.45) is 0 Å². The maximum Gasteiger partial charge on any atom is 0.244 e. The summed E-state index contributed by atoms with van der Waals surface area (Å²) in [5, 5.41) is 2.74. The van der Waals surface area contributed by atoms with Gasteiger partial charge >= 0.3 is 0 Å². The number of aryl methyl sites for hydroxylation is 3. The third-order valence-corrected chi connectivity index (χ3v) is 6.59. The second-order valence-electron chi connectivity index (χ2n) is 8.12. The molecule has 0 radical (unpaired) electrons. The molecular weight excluding hydrogens is 426 g/mol. The Balaban J connectivity index is 2.39. The highest BCUT2D eigenvalue weighted by Gasteiger charge is 2.30. The number of sulfonamides is 1. The van der Waals surface area contributed by atoms with Gasteiger partial charge in [-0.3, -0.25) is 13.9 Å². The lowest BCUT2D eigenvalue weighted by Crippen LogP contribution is -2.51. The van der Waals surface area contributed by atoms with E-state index in [0.717, 1.165) is 32.8 Å². The molecule has 7 nitrogen and oxygen atoms in total. The van der Waals surface area contributed by atoms with Crippen LogP contribution in [-0.2, 0) is 26.2 Å². The van der Waals surface area contributed by atoms with E-state index in [0.29, 0.717) is 12.2 Å². The summed E-state index contributed by atoms with van der Waals surface area (Å²) in [7, 11) is -3.73. The molecule has 1 N–H and O–H groups in total. The molecule has 0 heterocycles. The first-order valence-electron chi connectivity index (χ1n) is 10.6. The van der Waals surface area contributed by atoms with Crippen molar-refractivity contribution >= 4 is 27.5 Å². The molecule has 0 aromatic heterocycles. The molecule has 2 aromatic rings. The molecule has 0 saturated heterocycles. The maximum absolute atomic E-state index is 13.4. The number of nitrogens with one attached hydrogen (secondary N) is 1. The second-order valence-corrected chi connectivity index (χ2v) is 10.0. The molecule has 0 fully saturated rings. The van der Waals surface area contributed by atoms with Gasteiger partial charge in [0.25, 0.3) is 0 Å². The van der Waals surface area contributed by atoms with E-state index in [1.165, 1.54) is 4.90 Å².